The number of hydrogen-bond acceptors (Lipinski definition) is 9. The molecular weight excluding hydrogens is 438 g/mol. The standard InChI is InChI=1S/C23H23N7O2S/c31-21-19(33-23(32)29-21)12-17-5-9-26-22(28-17)30-10-6-15(7-11-30)13-24-14-18-4-3-16-2-1-8-25-20(16)27-18/h1-5,8-9,12,15,24H,6-7,10-11,13-14H2,(H,29,31,32)/b19-12+. The van der Waals surface area contributed by atoms with Crippen molar-refractivity contribution in [1.29, 1.82) is 0 Å². The Kier molecular flexibility index (Phi) is 6.27. The van der Waals surface area contributed by atoms with Gasteiger partial charge in [0.05, 0.1) is 16.3 Å². The third-order valence-electron chi connectivity index (χ3n) is 5.74. The first-order chi connectivity index (χ1) is 16.1. The summed E-state index contributed by atoms with van der Waals surface area (Å²) in [5.41, 5.74) is 2.39. The number of piperidine rings is 1. The van der Waals surface area contributed by atoms with Gasteiger partial charge in [0, 0.05) is 37.4 Å². The number of carbonyl (C=O) groups excluding carboxylic acids is 2. The number of anilines is 1. The summed E-state index contributed by atoms with van der Waals surface area (Å²) in [6.45, 7) is 3.40. The maximum Gasteiger partial charge on any atom is 0.290 e. The van der Waals surface area contributed by atoms with Crippen LogP contribution < -0.4 is 15.5 Å². The Hall–Kier alpha value is -3.37. The summed E-state index contributed by atoms with van der Waals surface area (Å²) in [4.78, 5) is 43.5. The van der Waals surface area contributed by atoms with Crippen LogP contribution in [0.1, 0.15) is 24.2 Å². The summed E-state index contributed by atoms with van der Waals surface area (Å²) >= 11 is 0.889. The fraction of sp³-hybridized carbons (Fsp3) is 0.304. The molecule has 0 aliphatic carbocycles. The van der Waals surface area contributed by atoms with Gasteiger partial charge in [0.15, 0.2) is 5.65 Å². The van der Waals surface area contributed by atoms with E-state index in [9.17, 15) is 9.59 Å². The van der Waals surface area contributed by atoms with Crippen LogP contribution in [-0.4, -0.2) is 50.7 Å². The Morgan fingerprint density at radius 2 is 1.97 bits per heavy atom. The number of rotatable bonds is 6. The zero-order chi connectivity index (χ0) is 22.6. The minimum Gasteiger partial charge on any atom is -0.341 e. The minimum atomic E-state index is -0.381. The van der Waals surface area contributed by atoms with Crippen molar-refractivity contribution in [2.75, 3.05) is 24.5 Å². The molecule has 0 bridgehead atoms. The van der Waals surface area contributed by atoms with Gasteiger partial charge in [-0.2, -0.15) is 0 Å². The van der Waals surface area contributed by atoms with E-state index in [1.165, 1.54) is 0 Å². The van der Waals surface area contributed by atoms with Gasteiger partial charge < -0.3 is 10.2 Å². The fourth-order valence-corrected chi connectivity index (χ4v) is 4.65. The van der Waals surface area contributed by atoms with E-state index >= 15 is 0 Å². The molecule has 3 aromatic heterocycles. The average Bonchev–Trinajstić information content (AvgIpc) is 3.16. The second-order valence-electron chi connectivity index (χ2n) is 8.05. The molecule has 2 aliphatic heterocycles. The molecular formula is C23H23N7O2S. The lowest BCUT2D eigenvalue weighted by Gasteiger charge is -2.32. The highest BCUT2D eigenvalue weighted by Crippen LogP contribution is 2.26. The van der Waals surface area contributed by atoms with E-state index in [4.69, 9.17) is 0 Å². The molecule has 9 nitrogen and oxygen atoms in total. The molecule has 2 aliphatic rings. The largest absolute Gasteiger partial charge is 0.341 e. The highest BCUT2D eigenvalue weighted by molar-refractivity contribution is 8.18. The first-order valence-corrected chi connectivity index (χ1v) is 11.7. The number of amides is 2. The van der Waals surface area contributed by atoms with Crippen molar-refractivity contribution in [2.24, 2.45) is 5.92 Å². The van der Waals surface area contributed by atoms with Gasteiger partial charge in [-0.1, -0.05) is 0 Å². The summed E-state index contributed by atoms with van der Waals surface area (Å²) in [6, 6.07) is 9.78. The van der Waals surface area contributed by atoms with Crippen molar-refractivity contribution in [3.63, 3.8) is 0 Å². The summed E-state index contributed by atoms with van der Waals surface area (Å²) in [7, 11) is 0. The minimum absolute atomic E-state index is 0.353. The first-order valence-electron chi connectivity index (χ1n) is 10.9. The Morgan fingerprint density at radius 3 is 2.79 bits per heavy atom. The van der Waals surface area contributed by atoms with Crippen molar-refractivity contribution in [3.05, 3.63) is 59.0 Å². The number of hydrogen-bond donors (Lipinski definition) is 2. The summed E-state index contributed by atoms with van der Waals surface area (Å²) in [6.07, 6.45) is 7.17. The molecule has 0 aromatic carbocycles. The molecule has 2 fully saturated rings. The lowest BCUT2D eigenvalue weighted by atomic mass is 9.97. The number of thioether (sulfide) groups is 1. The van der Waals surface area contributed by atoms with Crippen LogP contribution in [-0.2, 0) is 11.3 Å². The topological polar surface area (TPSA) is 113 Å². The molecule has 2 amide bonds. The van der Waals surface area contributed by atoms with E-state index in [0.717, 1.165) is 67.5 Å². The molecule has 0 unspecified atom stereocenters. The molecule has 10 heteroatoms. The van der Waals surface area contributed by atoms with Crippen LogP contribution in [0, 0.1) is 5.92 Å². The van der Waals surface area contributed by atoms with Crippen molar-refractivity contribution in [1.82, 2.24) is 30.6 Å². The summed E-state index contributed by atoms with van der Waals surface area (Å²) < 4.78 is 0. The number of aromatic nitrogens is 4. The van der Waals surface area contributed by atoms with Crippen LogP contribution in [0.2, 0.25) is 0 Å². The average molecular weight is 462 g/mol. The highest BCUT2D eigenvalue weighted by atomic mass is 32.2. The lowest BCUT2D eigenvalue weighted by molar-refractivity contribution is -0.115. The summed E-state index contributed by atoms with van der Waals surface area (Å²) in [5, 5.41) is 6.48. The Morgan fingerprint density at radius 1 is 1.09 bits per heavy atom. The second-order valence-corrected chi connectivity index (χ2v) is 9.06. The fourth-order valence-electron chi connectivity index (χ4n) is 3.98. The molecule has 2 N–H and O–H groups in total. The lowest BCUT2D eigenvalue weighted by Crippen LogP contribution is -2.38. The number of nitrogens with zero attached hydrogens (tertiary/aromatic N) is 5. The van der Waals surface area contributed by atoms with Gasteiger partial charge in [0.2, 0.25) is 5.95 Å². The van der Waals surface area contributed by atoms with E-state index in [-0.39, 0.29) is 11.1 Å². The maximum atomic E-state index is 11.8. The predicted octanol–water partition coefficient (Wildman–Crippen LogP) is 2.75. The molecule has 0 saturated carbocycles. The zero-order valence-corrected chi connectivity index (χ0v) is 18.7. The van der Waals surface area contributed by atoms with Crippen molar-refractivity contribution < 1.29 is 9.59 Å². The SMILES string of the molecule is O=C1NC(=O)/C(=C\c2ccnc(N3CCC(CNCc4ccc5cccnc5n4)CC3)n2)S1. The second kappa shape index (κ2) is 9.63. The molecule has 0 spiro atoms. The van der Waals surface area contributed by atoms with Gasteiger partial charge in [-0.3, -0.25) is 14.9 Å². The molecule has 5 heterocycles. The van der Waals surface area contributed by atoms with Crippen molar-refractivity contribution in [3.8, 4) is 0 Å². The van der Waals surface area contributed by atoms with Crippen LogP contribution in [0.25, 0.3) is 17.1 Å². The van der Waals surface area contributed by atoms with E-state index < -0.39 is 0 Å². The first kappa shape index (κ1) is 21.5. The van der Waals surface area contributed by atoms with Gasteiger partial charge in [-0.25, -0.2) is 19.9 Å². The van der Waals surface area contributed by atoms with E-state index in [2.05, 4.69) is 41.5 Å². The van der Waals surface area contributed by atoms with Gasteiger partial charge in [0.25, 0.3) is 11.1 Å². The smallest absolute Gasteiger partial charge is 0.290 e. The van der Waals surface area contributed by atoms with Crippen LogP contribution in [0.15, 0.2) is 47.6 Å². The number of pyridine rings is 2. The quantitative estimate of drug-likeness (QED) is 0.535. The molecule has 3 aromatic rings. The number of nitrogens with one attached hydrogen (secondary N) is 2. The third kappa shape index (κ3) is 5.18. The van der Waals surface area contributed by atoms with E-state index in [1.807, 2.05) is 18.2 Å². The molecule has 168 valence electrons. The Labute approximate surface area is 195 Å². The van der Waals surface area contributed by atoms with Crippen LogP contribution >= 0.6 is 11.8 Å². The maximum absolute atomic E-state index is 11.8. The Bertz CT molecular complexity index is 1220. The molecule has 0 radical (unpaired) electrons. The van der Waals surface area contributed by atoms with Crippen LogP contribution in [0.5, 0.6) is 0 Å². The normalized spacial score (nSPS) is 18.3. The highest BCUT2D eigenvalue weighted by Gasteiger charge is 2.25. The molecule has 33 heavy (non-hydrogen) atoms. The van der Waals surface area contributed by atoms with Gasteiger partial charge in [-0.05, 0) is 73.5 Å². The van der Waals surface area contributed by atoms with Gasteiger partial charge >= 0.3 is 0 Å². The number of fused-ring (bicyclic) bond motifs is 1. The monoisotopic (exact) mass is 461 g/mol. The van der Waals surface area contributed by atoms with Gasteiger partial charge in [0.1, 0.15) is 0 Å². The van der Waals surface area contributed by atoms with E-state index in [1.54, 1.807) is 24.5 Å². The van der Waals surface area contributed by atoms with Gasteiger partial charge in [-0.15, -0.1) is 0 Å². The third-order valence-corrected chi connectivity index (χ3v) is 6.55. The number of carbonyl (C=O) groups is 2. The molecule has 0 atom stereocenters. The van der Waals surface area contributed by atoms with Crippen LogP contribution in [0.3, 0.4) is 0 Å². The van der Waals surface area contributed by atoms with E-state index in [0.29, 0.717) is 22.5 Å². The number of imide groups is 1. The Balaban J connectivity index is 1.12. The molecule has 5 rings (SSSR count). The van der Waals surface area contributed by atoms with Crippen LogP contribution in [0.4, 0.5) is 10.7 Å². The predicted molar refractivity (Wildman–Crippen MR) is 127 cm³/mol. The zero-order valence-electron chi connectivity index (χ0n) is 17.9. The van der Waals surface area contributed by atoms with Crippen molar-refractivity contribution >= 4 is 46.0 Å². The summed E-state index contributed by atoms with van der Waals surface area (Å²) in [5.74, 6) is 0.849. The van der Waals surface area contributed by atoms with Crippen molar-refractivity contribution in [2.45, 2.75) is 19.4 Å². The molecule has 2 saturated heterocycles.